The number of hydrogen-bond donors (Lipinski definition) is 1. The van der Waals surface area contributed by atoms with Gasteiger partial charge in [-0.05, 0) is 12.5 Å². The third-order valence-corrected chi connectivity index (χ3v) is 2.37. The summed E-state index contributed by atoms with van der Waals surface area (Å²) in [5.41, 5.74) is 4.56. The fraction of sp³-hybridized carbons (Fsp3) is 0.273. The highest BCUT2D eigenvalue weighted by atomic mass is 16.2. The molecule has 1 aromatic carbocycles. The first-order valence-corrected chi connectivity index (χ1v) is 4.65. The average molecular weight is 188 g/mol. The Kier molecular flexibility index (Phi) is 2.31. The summed E-state index contributed by atoms with van der Waals surface area (Å²) in [4.78, 5) is 11.5. The van der Waals surface area contributed by atoms with Crippen molar-refractivity contribution in [2.75, 3.05) is 0 Å². The van der Waals surface area contributed by atoms with Crippen LogP contribution in [-0.2, 0) is 4.79 Å². The fourth-order valence-electron chi connectivity index (χ4n) is 1.62. The van der Waals surface area contributed by atoms with Crippen molar-refractivity contribution < 1.29 is 4.79 Å². The Labute approximate surface area is 82.8 Å². The predicted octanol–water partition coefficient (Wildman–Crippen LogP) is 1.67. The van der Waals surface area contributed by atoms with E-state index in [9.17, 15) is 4.79 Å². The van der Waals surface area contributed by atoms with Crippen molar-refractivity contribution in [3.63, 3.8) is 0 Å². The van der Waals surface area contributed by atoms with Crippen LogP contribution in [-0.4, -0.2) is 11.6 Å². The molecule has 1 heterocycles. The predicted molar refractivity (Wildman–Crippen MR) is 55.1 cm³/mol. The van der Waals surface area contributed by atoms with Crippen molar-refractivity contribution in [2.24, 2.45) is 5.10 Å². The standard InChI is InChI=1S/C11H12N2O/c1-8-7-10(11(14)13-12-8)9-5-3-2-4-6-9/h2-6,10H,7H2,1H3,(H,13,14). The van der Waals surface area contributed by atoms with Gasteiger partial charge in [0.25, 0.3) is 0 Å². The van der Waals surface area contributed by atoms with Crippen molar-refractivity contribution in [3.8, 4) is 0 Å². The summed E-state index contributed by atoms with van der Waals surface area (Å²) in [6.45, 7) is 1.93. The van der Waals surface area contributed by atoms with E-state index in [1.54, 1.807) is 0 Å². The molecule has 0 spiro atoms. The highest BCUT2D eigenvalue weighted by Gasteiger charge is 2.24. The van der Waals surface area contributed by atoms with Gasteiger partial charge in [-0.25, -0.2) is 5.43 Å². The molecule has 0 radical (unpaired) electrons. The van der Waals surface area contributed by atoms with Crippen LogP contribution in [0.25, 0.3) is 0 Å². The smallest absolute Gasteiger partial charge is 0.247 e. The van der Waals surface area contributed by atoms with E-state index in [4.69, 9.17) is 0 Å². The van der Waals surface area contributed by atoms with E-state index in [1.807, 2.05) is 37.3 Å². The van der Waals surface area contributed by atoms with Gasteiger partial charge in [0, 0.05) is 12.1 Å². The summed E-state index contributed by atoms with van der Waals surface area (Å²) in [5.74, 6) is -0.0875. The molecule has 1 N–H and O–H groups in total. The second kappa shape index (κ2) is 3.62. The molecular formula is C11H12N2O. The molecule has 3 nitrogen and oxygen atoms in total. The van der Waals surface area contributed by atoms with Crippen molar-refractivity contribution >= 4 is 11.6 Å². The molecule has 1 aromatic rings. The maximum absolute atomic E-state index is 11.5. The van der Waals surface area contributed by atoms with Crippen LogP contribution in [0.3, 0.4) is 0 Å². The van der Waals surface area contributed by atoms with E-state index < -0.39 is 0 Å². The number of hydrazone groups is 1. The van der Waals surface area contributed by atoms with Gasteiger partial charge in [0.15, 0.2) is 0 Å². The largest absolute Gasteiger partial charge is 0.272 e. The van der Waals surface area contributed by atoms with Gasteiger partial charge >= 0.3 is 0 Å². The minimum atomic E-state index is -0.0753. The topological polar surface area (TPSA) is 41.5 Å². The molecule has 0 fully saturated rings. The fourth-order valence-corrected chi connectivity index (χ4v) is 1.62. The summed E-state index contributed by atoms with van der Waals surface area (Å²) in [6, 6.07) is 9.80. The summed E-state index contributed by atoms with van der Waals surface area (Å²) < 4.78 is 0. The van der Waals surface area contributed by atoms with Crippen LogP contribution < -0.4 is 5.43 Å². The third kappa shape index (κ3) is 1.66. The Morgan fingerprint density at radius 1 is 1.36 bits per heavy atom. The van der Waals surface area contributed by atoms with Crippen LogP contribution in [0.1, 0.15) is 24.8 Å². The van der Waals surface area contributed by atoms with Crippen molar-refractivity contribution in [1.82, 2.24) is 5.43 Å². The van der Waals surface area contributed by atoms with Crippen molar-refractivity contribution in [3.05, 3.63) is 35.9 Å². The second-order valence-electron chi connectivity index (χ2n) is 3.49. The monoisotopic (exact) mass is 188 g/mol. The van der Waals surface area contributed by atoms with E-state index >= 15 is 0 Å². The Morgan fingerprint density at radius 2 is 2.07 bits per heavy atom. The first-order chi connectivity index (χ1) is 6.77. The normalized spacial score (nSPS) is 21.4. The maximum atomic E-state index is 11.5. The minimum Gasteiger partial charge on any atom is -0.272 e. The van der Waals surface area contributed by atoms with Gasteiger partial charge in [-0.15, -0.1) is 0 Å². The number of nitrogens with one attached hydrogen (secondary N) is 1. The minimum absolute atomic E-state index is 0.0122. The number of nitrogens with zero attached hydrogens (tertiary/aromatic N) is 1. The number of carbonyl (C=O) groups is 1. The first-order valence-electron chi connectivity index (χ1n) is 4.65. The molecule has 3 heteroatoms. The third-order valence-electron chi connectivity index (χ3n) is 2.37. The maximum Gasteiger partial charge on any atom is 0.247 e. The van der Waals surface area contributed by atoms with E-state index in [-0.39, 0.29) is 11.8 Å². The van der Waals surface area contributed by atoms with E-state index in [0.717, 1.165) is 17.7 Å². The number of amides is 1. The van der Waals surface area contributed by atoms with Gasteiger partial charge in [-0.1, -0.05) is 30.3 Å². The molecule has 72 valence electrons. The van der Waals surface area contributed by atoms with E-state index in [2.05, 4.69) is 10.5 Å². The molecule has 1 aliphatic heterocycles. The lowest BCUT2D eigenvalue weighted by Gasteiger charge is -2.19. The highest BCUT2D eigenvalue weighted by Crippen LogP contribution is 2.22. The average Bonchev–Trinajstić information content (AvgIpc) is 2.23. The van der Waals surface area contributed by atoms with Gasteiger partial charge in [0.05, 0.1) is 5.92 Å². The zero-order chi connectivity index (χ0) is 9.97. The number of rotatable bonds is 1. The summed E-state index contributed by atoms with van der Waals surface area (Å²) in [6.07, 6.45) is 0.718. The van der Waals surface area contributed by atoms with E-state index in [0.29, 0.717) is 0 Å². The number of hydrogen-bond acceptors (Lipinski definition) is 2. The first kappa shape index (κ1) is 8.94. The SMILES string of the molecule is CC1=NNC(=O)C(c2ccccc2)C1. The molecule has 0 aromatic heterocycles. The Bertz CT molecular complexity index is 370. The summed E-state index contributed by atoms with van der Waals surface area (Å²) >= 11 is 0. The number of benzene rings is 1. The molecular weight excluding hydrogens is 176 g/mol. The number of carbonyl (C=O) groups excluding carboxylic acids is 1. The van der Waals surface area contributed by atoms with Gasteiger partial charge in [-0.3, -0.25) is 4.79 Å². The molecule has 0 saturated carbocycles. The zero-order valence-electron chi connectivity index (χ0n) is 8.03. The van der Waals surface area contributed by atoms with Crippen LogP contribution in [0.15, 0.2) is 35.4 Å². The van der Waals surface area contributed by atoms with Gasteiger partial charge in [0.2, 0.25) is 5.91 Å². The van der Waals surface area contributed by atoms with Crippen LogP contribution in [0, 0.1) is 0 Å². The van der Waals surface area contributed by atoms with Crippen LogP contribution >= 0.6 is 0 Å². The summed E-state index contributed by atoms with van der Waals surface area (Å²) in [5, 5.41) is 3.90. The molecule has 1 amide bonds. The lowest BCUT2D eigenvalue weighted by atomic mass is 9.92. The molecule has 0 saturated heterocycles. The van der Waals surface area contributed by atoms with Gasteiger partial charge in [-0.2, -0.15) is 5.10 Å². The summed E-state index contributed by atoms with van der Waals surface area (Å²) in [7, 11) is 0. The van der Waals surface area contributed by atoms with Crippen molar-refractivity contribution in [2.45, 2.75) is 19.3 Å². The highest BCUT2D eigenvalue weighted by molar-refractivity contribution is 5.95. The Hall–Kier alpha value is -1.64. The Balaban J connectivity index is 2.27. The zero-order valence-corrected chi connectivity index (χ0v) is 8.03. The molecule has 1 aliphatic rings. The molecule has 0 aliphatic carbocycles. The lowest BCUT2D eigenvalue weighted by molar-refractivity contribution is -0.122. The molecule has 1 atom stereocenters. The quantitative estimate of drug-likeness (QED) is 0.715. The van der Waals surface area contributed by atoms with Crippen LogP contribution in [0.2, 0.25) is 0 Å². The molecule has 2 rings (SSSR count). The molecule has 14 heavy (non-hydrogen) atoms. The van der Waals surface area contributed by atoms with Crippen LogP contribution in [0.4, 0.5) is 0 Å². The van der Waals surface area contributed by atoms with Gasteiger partial charge in [0.1, 0.15) is 0 Å². The van der Waals surface area contributed by atoms with Crippen molar-refractivity contribution in [1.29, 1.82) is 0 Å². The lowest BCUT2D eigenvalue weighted by Crippen LogP contribution is -2.32. The van der Waals surface area contributed by atoms with Gasteiger partial charge < -0.3 is 0 Å². The Morgan fingerprint density at radius 3 is 2.79 bits per heavy atom. The van der Waals surface area contributed by atoms with E-state index in [1.165, 1.54) is 0 Å². The second-order valence-corrected chi connectivity index (χ2v) is 3.49. The molecule has 0 bridgehead atoms. The van der Waals surface area contributed by atoms with Crippen LogP contribution in [0.5, 0.6) is 0 Å². The molecule has 1 unspecified atom stereocenters.